The number of rotatable bonds is 8. The minimum Gasteiger partial charge on any atom is -0.508 e. The van der Waals surface area contributed by atoms with Crippen molar-refractivity contribution in [1.82, 2.24) is 0 Å². The Hall–Kier alpha value is -3.27. The fourth-order valence-corrected chi connectivity index (χ4v) is 4.21. The lowest BCUT2D eigenvalue weighted by atomic mass is 9.90. The van der Waals surface area contributed by atoms with E-state index in [1.807, 2.05) is 56.3 Å². The highest BCUT2D eigenvalue weighted by Gasteiger charge is 2.16. The molecule has 0 saturated heterocycles. The zero-order chi connectivity index (χ0) is 24.1. The molecule has 3 N–H and O–H groups in total. The molecular weight excluding hydrogens is 410 g/mol. The monoisotopic (exact) mass is 445 g/mol. The second-order valence-corrected chi connectivity index (χ2v) is 9.46. The van der Waals surface area contributed by atoms with Crippen LogP contribution in [0.25, 0.3) is 0 Å². The Bertz CT molecular complexity index is 1120. The number of anilines is 1. The number of nitrogen functional groups attached to an aromatic ring is 1. The SMILES string of the molecule is CC(C)c1ccc(CC(=O)Oc2ccc(CC(C)c3ccccc3N)cc2C(C)C)cc1O. The molecule has 0 aliphatic carbocycles. The fourth-order valence-electron chi connectivity index (χ4n) is 4.21. The summed E-state index contributed by atoms with van der Waals surface area (Å²) in [7, 11) is 0. The van der Waals surface area contributed by atoms with Crippen molar-refractivity contribution in [3.05, 3.63) is 88.5 Å². The predicted octanol–water partition coefficient (Wildman–Crippen LogP) is 6.72. The summed E-state index contributed by atoms with van der Waals surface area (Å²) < 4.78 is 5.75. The van der Waals surface area contributed by atoms with Crippen molar-refractivity contribution in [2.75, 3.05) is 5.73 Å². The normalized spacial score (nSPS) is 12.2. The molecule has 0 aromatic heterocycles. The van der Waals surface area contributed by atoms with Crippen LogP contribution in [-0.2, 0) is 17.6 Å². The molecule has 0 fully saturated rings. The Kier molecular flexibility index (Phi) is 7.80. The Labute approximate surface area is 197 Å². The second-order valence-electron chi connectivity index (χ2n) is 9.46. The molecule has 0 aliphatic heterocycles. The highest BCUT2D eigenvalue weighted by Crippen LogP contribution is 2.32. The summed E-state index contributed by atoms with van der Waals surface area (Å²) in [5, 5.41) is 10.2. The van der Waals surface area contributed by atoms with E-state index in [-0.39, 0.29) is 35.9 Å². The summed E-state index contributed by atoms with van der Waals surface area (Å²) in [6.07, 6.45) is 0.958. The number of nitrogens with two attached hydrogens (primary N) is 1. The first-order valence-corrected chi connectivity index (χ1v) is 11.6. The predicted molar refractivity (Wildman–Crippen MR) is 135 cm³/mol. The van der Waals surface area contributed by atoms with Gasteiger partial charge < -0.3 is 15.6 Å². The Morgan fingerprint density at radius 3 is 2.15 bits per heavy atom. The number of ether oxygens (including phenoxy) is 1. The van der Waals surface area contributed by atoms with Crippen LogP contribution >= 0.6 is 0 Å². The van der Waals surface area contributed by atoms with Gasteiger partial charge in [0.15, 0.2) is 0 Å². The van der Waals surface area contributed by atoms with E-state index >= 15 is 0 Å². The molecule has 3 aromatic carbocycles. The number of benzene rings is 3. The van der Waals surface area contributed by atoms with Gasteiger partial charge in [-0.1, -0.05) is 77.1 Å². The molecule has 0 spiro atoms. The van der Waals surface area contributed by atoms with Gasteiger partial charge in [0.25, 0.3) is 0 Å². The van der Waals surface area contributed by atoms with E-state index in [0.717, 1.165) is 34.4 Å². The molecule has 174 valence electrons. The van der Waals surface area contributed by atoms with Crippen LogP contribution in [-0.4, -0.2) is 11.1 Å². The van der Waals surface area contributed by atoms with E-state index in [4.69, 9.17) is 10.5 Å². The molecule has 4 heteroatoms. The minimum absolute atomic E-state index is 0.107. The first kappa shape index (κ1) is 24.4. The number of aromatic hydroxyl groups is 1. The van der Waals surface area contributed by atoms with Gasteiger partial charge in [-0.3, -0.25) is 4.79 Å². The van der Waals surface area contributed by atoms with E-state index in [9.17, 15) is 9.90 Å². The van der Waals surface area contributed by atoms with Crippen LogP contribution in [0.15, 0.2) is 60.7 Å². The molecule has 33 heavy (non-hydrogen) atoms. The number of phenols is 1. The van der Waals surface area contributed by atoms with Gasteiger partial charge in [0.2, 0.25) is 0 Å². The lowest BCUT2D eigenvalue weighted by molar-refractivity contribution is -0.133. The highest BCUT2D eigenvalue weighted by atomic mass is 16.5. The van der Waals surface area contributed by atoms with Crippen LogP contribution in [0.5, 0.6) is 11.5 Å². The highest BCUT2D eigenvalue weighted by molar-refractivity contribution is 5.76. The summed E-state index contributed by atoms with van der Waals surface area (Å²) in [5.41, 5.74) is 11.9. The molecule has 1 unspecified atom stereocenters. The van der Waals surface area contributed by atoms with E-state index < -0.39 is 0 Å². The third-order valence-corrected chi connectivity index (χ3v) is 6.05. The van der Waals surface area contributed by atoms with E-state index in [0.29, 0.717) is 5.75 Å². The molecule has 0 amide bonds. The number of hydrogen-bond donors (Lipinski definition) is 2. The summed E-state index contributed by atoms with van der Waals surface area (Å²) in [6.45, 7) is 10.4. The summed E-state index contributed by atoms with van der Waals surface area (Å²) >= 11 is 0. The van der Waals surface area contributed by atoms with E-state index in [1.165, 1.54) is 5.56 Å². The molecule has 0 aliphatic rings. The quantitative estimate of drug-likeness (QED) is 0.229. The average molecular weight is 446 g/mol. The van der Waals surface area contributed by atoms with Crippen molar-refractivity contribution >= 4 is 11.7 Å². The molecule has 0 heterocycles. The van der Waals surface area contributed by atoms with Gasteiger partial charge in [0.1, 0.15) is 11.5 Å². The standard InChI is InChI=1S/C29H35NO3/c1-18(2)23-12-10-22(16-27(23)31)17-29(32)33-28-13-11-21(15-25(28)19(3)4)14-20(5)24-8-6-7-9-26(24)30/h6-13,15-16,18-20,31H,14,17,30H2,1-5H3. The van der Waals surface area contributed by atoms with Gasteiger partial charge in [-0.15, -0.1) is 0 Å². The number of esters is 1. The Balaban J connectivity index is 1.73. The van der Waals surface area contributed by atoms with Gasteiger partial charge >= 0.3 is 5.97 Å². The van der Waals surface area contributed by atoms with E-state index in [1.54, 1.807) is 6.07 Å². The number of carbonyl (C=O) groups excluding carboxylic acids is 1. The minimum atomic E-state index is -0.341. The second kappa shape index (κ2) is 10.6. The largest absolute Gasteiger partial charge is 0.508 e. The van der Waals surface area contributed by atoms with Crippen LogP contribution in [0.1, 0.15) is 80.2 Å². The molecule has 3 rings (SSSR count). The van der Waals surface area contributed by atoms with Crippen molar-refractivity contribution in [3.63, 3.8) is 0 Å². The molecule has 3 aromatic rings. The van der Waals surface area contributed by atoms with Crippen molar-refractivity contribution in [2.45, 2.75) is 65.2 Å². The molecular formula is C29H35NO3. The summed E-state index contributed by atoms with van der Waals surface area (Å²) in [5.74, 6) is 1.18. The third kappa shape index (κ3) is 6.16. The Morgan fingerprint density at radius 2 is 1.52 bits per heavy atom. The first-order valence-electron chi connectivity index (χ1n) is 11.6. The lowest BCUT2D eigenvalue weighted by Crippen LogP contribution is -2.13. The van der Waals surface area contributed by atoms with Crippen molar-refractivity contribution in [1.29, 1.82) is 0 Å². The van der Waals surface area contributed by atoms with Crippen molar-refractivity contribution < 1.29 is 14.6 Å². The molecule has 0 radical (unpaired) electrons. The number of carbonyl (C=O) groups is 1. The van der Waals surface area contributed by atoms with Crippen LogP contribution < -0.4 is 10.5 Å². The smallest absolute Gasteiger partial charge is 0.315 e. The van der Waals surface area contributed by atoms with Crippen molar-refractivity contribution in [3.8, 4) is 11.5 Å². The molecule has 4 nitrogen and oxygen atoms in total. The fraction of sp³-hybridized carbons (Fsp3) is 0.345. The maximum absolute atomic E-state index is 12.7. The number of hydrogen-bond acceptors (Lipinski definition) is 4. The maximum Gasteiger partial charge on any atom is 0.315 e. The van der Waals surface area contributed by atoms with Crippen LogP contribution in [0, 0.1) is 0 Å². The van der Waals surface area contributed by atoms with Crippen molar-refractivity contribution in [2.24, 2.45) is 0 Å². The first-order chi connectivity index (χ1) is 15.7. The topological polar surface area (TPSA) is 72.5 Å². The number of para-hydroxylation sites is 1. The maximum atomic E-state index is 12.7. The van der Waals surface area contributed by atoms with Gasteiger partial charge in [0.05, 0.1) is 6.42 Å². The molecule has 0 bridgehead atoms. The summed E-state index contributed by atoms with van der Waals surface area (Å²) in [6, 6.07) is 19.4. The molecule has 0 saturated carbocycles. The zero-order valence-electron chi connectivity index (χ0n) is 20.3. The summed E-state index contributed by atoms with van der Waals surface area (Å²) in [4.78, 5) is 12.7. The van der Waals surface area contributed by atoms with Crippen LogP contribution in [0.2, 0.25) is 0 Å². The third-order valence-electron chi connectivity index (χ3n) is 6.05. The van der Waals surface area contributed by atoms with Gasteiger partial charge in [-0.2, -0.15) is 0 Å². The Morgan fingerprint density at radius 1 is 0.848 bits per heavy atom. The zero-order valence-corrected chi connectivity index (χ0v) is 20.3. The molecule has 1 atom stereocenters. The van der Waals surface area contributed by atoms with Gasteiger partial charge in [-0.05, 0) is 70.2 Å². The van der Waals surface area contributed by atoms with Crippen LogP contribution in [0.3, 0.4) is 0 Å². The lowest BCUT2D eigenvalue weighted by Gasteiger charge is -2.18. The average Bonchev–Trinajstić information content (AvgIpc) is 2.74. The van der Waals surface area contributed by atoms with E-state index in [2.05, 4.69) is 32.9 Å². The number of phenolic OH excluding ortho intramolecular Hbond substituents is 1. The van der Waals surface area contributed by atoms with Crippen LogP contribution in [0.4, 0.5) is 5.69 Å². The van der Waals surface area contributed by atoms with Gasteiger partial charge in [-0.25, -0.2) is 0 Å². The van der Waals surface area contributed by atoms with Gasteiger partial charge in [0, 0.05) is 5.69 Å².